The maximum absolute atomic E-state index is 3.39. The second kappa shape index (κ2) is 3.82. The van der Waals surface area contributed by atoms with Crippen molar-refractivity contribution in [1.82, 2.24) is 0 Å². The van der Waals surface area contributed by atoms with Crippen molar-refractivity contribution in [3.63, 3.8) is 0 Å². The zero-order chi connectivity index (χ0) is 8.93. The average molecular weight is 169 g/mol. The van der Waals surface area contributed by atoms with Crippen LogP contribution in [0.2, 0.25) is 0 Å². The van der Waals surface area contributed by atoms with Crippen LogP contribution in [0.1, 0.15) is 6.42 Å². The number of nitrogens with one attached hydrogen (secondary N) is 1. The van der Waals surface area contributed by atoms with Crippen LogP contribution in [0, 0.1) is 11.8 Å². The number of para-hydroxylation sites is 1. The summed E-state index contributed by atoms with van der Waals surface area (Å²) >= 11 is 0. The van der Waals surface area contributed by atoms with Crippen molar-refractivity contribution in [2.45, 2.75) is 12.5 Å². The molecule has 0 bridgehead atoms. The van der Waals surface area contributed by atoms with Crippen LogP contribution >= 0.6 is 0 Å². The van der Waals surface area contributed by atoms with Gasteiger partial charge in [-0.25, -0.2) is 0 Å². The Morgan fingerprint density at radius 1 is 1.23 bits per heavy atom. The highest BCUT2D eigenvalue weighted by atomic mass is 14.9. The number of hydrogen-bond donors (Lipinski definition) is 1. The number of allylic oxidation sites excluding steroid dienone is 1. The van der Waals surface area contributed by atoms with Gasteiger partial charge in [0, 0.05) is 12.1 Å². The first-order valence-corrected chi connectivity index (χ1v) is 4.42. The van der Waals surface area contributed by atoms with Gasteiger partial charge in [0.2, 0.25) is 0 Å². The summed E-state index contributed by atoms with van der Waals surface area (Å²) in [6.45, 7) is 0. The highest BCUT2D eigenvalue weighted by Crippen LogP contribution is 2.10. The molecule has 1 aromatic carbocycles. The molecule has 0 radical (unpaired) electrons. The van der Waals surface area contributed by atoms with Crippen LogP contribution in [-0.2, 0) is 0 Å². The first-order chi connectivity index (χ1) is 6.45. The van der Waals surface area contributed by atoms with Crippen LogP contribution in [0.5, 0.6) is 0 Å². The lowest BCUT2D eigenvalue weighted by atomic mass is 10.1. The first kappa shape index (κ1) is 7.94. The van der Waals surface area contributed by atoms with Crippen LogP contribution in [0.3, 0.4) is 0 Å². The van der Waals surface area contributed by atoms with E-state index < -0.39 is 0 Å². The second-order valence-electron chi connectivity index (χ2n) is 3.00. The zero-order valence-electron chi connectivity index (χ0n) is 7.33. The molecule has 0 aromatic heterocycles. The molecule has 0 heterocycles. The molecule has 0 saturated carbocycles. The van der Waals surface area contributed by atoms with E-state index in [0.717, 1.165) is 12.1 Å². The van der Waals surface area contributed by atoms with Gasteiger partial charge in [-0.3, -0.25) is 0 Å². The minimum atomic E-state index is 0.364. The van der Waals surface area contributed by atoms with Crippen molar-refractivity contribution in [3.05, 3.63) is 42.5 Å². The number of rotatable bonds is 2. The first-order valence-electron chi connectivity index (χ1n) is 4.42. The van der Waals surface area contributed by atoms with Crippen LogP contribution in [0.25, 0.3) is 0 Å². The van der Waals surface area contributed by atoms with E-state index >= 15 is 0 Å². The Balaban J connectivity index is 2.01. The molecule has 1 unspecified atom stereocenters. The maximum atomic E-state index is 3.39. The van der Waals surface area contributed by atoms with Crippen LogP contribution < -0.4 is 5.32 Å². The fraction of sp³-hybridized carbons (Fsp3) is 0.167. The van der Waals surface area contributed by atoms with Gasteiger partial charge in [0.15, 0.2) is 0 Å². The fourth-order valence-electron chi connectivity index (χ4n) is 1.31. The van der Waals surface area contributed by atoms with Crippen molar-refractivity contribution in [2.75, 3.05) is 5.32 Å². The Labute approximate surface area is 78.5 Å². The average Bonchev–Trinajstić information content (AvgIpc) is 2.21. The summed E-state index contributed by atoms with van der Waals surface area (Å²) in [6.07, 6.45) is 4.90. The van der Waals surface area contributed by atoms with E-state index in [0.29, 0.717) is 6.04 Å². The van der Waals surface area contributed by atoms with E-state index in [4.69, 9.17) is 0 Å². The molecule has 1 nitrogen and oxygen atoms in total. The van der Waals surface area contributed by atoms with Gasteiger partial charge in [0.05, 0.1) is 6.04 Å². The summed E-state index contributed by atoms with van der Waals surface area (Å²) in [5, 5.41) is 3.39. The van der Waals surface area contributed by atoms with Crippen molar-refractivity contribution < 1.29 is 0 Å². The van der Waals surface area contributed by atoms with E-state index in [-0.39, 0.29) is 0 Å². The van der Waals surface area contributed by atoms with Gasteiger partial charge in [-0.1, -0.05) is 36.1 Å². The molecule has 1 aliphatic rings. The van der Waals surface area contributed by atoms with E-state index in [2.05, 4.69) is 35.4 Å². The molecular weight excluding hydrogens is 158 g/mol. The zero-order valence-corrected chi connectivity index (χ0v) is 7.33. The van der Waals surface area contributed by atoms with Gasteiger partial charge in [-0.05, 0) is 18.2 Å². The van der Waals surface area contributed by atoms with E-state index in [1.807, 2.05) is 24.3 Å². The summed E-state index contributed by atoms with van der Waals surface area (Å²) in [5.41, 5.74) is 1.15. The quantitative estimate of drug-likeness (QED) is 0.670. The third-order valence-corrected chi connectivity index (χ3v) is 1.96. The molecule has 0 spiro atoms. The fourth-order valence-corrected chi connectivity index (χ4v) is 1.31. The molecule has 0 amide bonds. The van der Waals surface area contributed by atoms with Gasteiger partial charge in [-0.2, -0.15) is 0 Å². The molecule has 1 atom stereocenters. The minimum absolute atomic E-state index is 0.364. The van der Waals surface area contributed by atoms with Gasteiger partial charge in [0.25, 0.3) is 0 Å². The molecule has 0 aliphatic heterocycles. The lowest BCUT2D eigenvalue weighted by molar-refractivity contribution is 0.907. The molecule has 2 rings (SSSR count). The Hall–Kier alpha value is -1.68. The summed E-state index contributed by atoms with van der Waals surface area (Å²) < 4.78 is 0. The Bertz CT molecular complexity index is 354. The molecular formula is C12H11N. The van der Waals surface area contributed by atoms with Crippen LogP contribution in [0.15, 0.2) is 42.5 Å². The standard InChI is InChI=1S/C12H11N/c1-3-7-11(8-4-1)13-12-9-5-2-6-10-12/h1,3-5,7-9,12-13H,10H2. The highest BCUT2D eigenvalue weighted by Gasteiger charge is 2.03. The predicted octanol–water partition coefficient (Wildman–Crippen LogP) is 2.43. The predicted molar refractivity (Wildman–Crippen MR) is 55.4 cm³/mol. The summed E-state index contributed by atoms with van der Waals surface area (Å²) in [5.74, 6) is 5.99. The Kier molecular flexibility index (Phi) is 2.33. The summed E-state index contributed by atoms with van der Waals surface area (Å²) in [7, 11) is 0. The van der Waals surface area contributed by atoms with Crippen LogP contribution in [0.4, 0.5) is 5.69 Å². The molecule has 13 heavy (non-hydrogen) atoms. The van der Waals surface area contributed by atoms with Crippen molar-refractivity contribution in [1.29, 1.82) is 0 Å². The van der Waals surface area contributed by atoms with Crippen LogP contribution in [-0.4, -0.2) is 6.04 Å². The van der Waals surface area contributed by atoms with E-state index in [1.54, 1.807) is 0 Å². The van der Waals surface area contributed by atoms with Crippen molar-refractivity contribution in [3.8, 4) is 11.8 Å². The van der Waals surface area contributed by atoms with E-state index in [1.165, 1.54) is 0 Å². The molecule has 1 aromatic rings. The van der Waals surface area contributed by atoms with Gasteiger partial charge >= 0.3 is 0 Å². The molecule has 64 valence electrons. The maximum Gasteiger partial charge on any atom is 0.0563 e. The second-order valence-corrected chi connectivity index (χ2v) is 3.00. The summed E-state index contributed by atoms with van der Waals surface area (Å²) in [4.78, 5) is 0. The smallest absolute Gasteiger partial charge is 0.0563 e. The Morgan fingerprint density at radius 3 is 2.77 bits per heavy atom. The third-order valence-electron chi connectivity index (χ3n) is 1.96. The topological polar surface area (TPSA) is 12.0 Å². The molecule has 0 fully saturated rings. The minimum Gasteiger partial charge on any atom is -0.378 e. The normalized spacial score (nSPS) is 18.9. The monoisotopic (exact) mass is 169 g/mol. The molecule has 0 saturated heterocycles. The molecule has 1 N–H and O–H groups in total. The number of anilines is 1. The lowest BCUT2D eigenvalue weighted by Crippen LogP contribution is -2.16. The van der Waals surface area contributed by atoms with E-state index in [9.17, 15) is 0 Å². The van der Waals surface area contributed by atoms with Gasteiger partial charge < -0.3 is 5.32 Å². The van der Waals surface area contributed by atoms with Gasteiger partial charge in [-0.15, -0.1) is 0 Å². The molecule has 1 heteroatoms. The number of benzene rings is 1. The SMILES string of the molecule is C1#CCC(Nc2ccccc2)C=C1. The van der Waals surface area contributed by atoms with Gasteiger partial charge in [0.1, 0.15) is 0 Å². The number of hydrogen-bond acceptors (Lipinski definition) is 1. The summed E-state index contributed by atoms with van der Waals surface area (Å²) in [6, 6.07) is 10.6. The van der Waals surface area contributed by atoms with Crippen molar-refractivity contribution >= 4 is 5.69 Å². The highest BCUT2D eigenvalue weighted by molar-refractivity contribution is 5.45. The molecule has 1 aliphatic carbocycles. The largest absolute Gasteiger partial charge is 0.378 e. The Morgan fingerprint density at radius 2 is 2.08 bits per heavy atom. The lowest BCUT2D eigenvalue weighted by Gasteiger charge is -2.14. The van der Waals surface area contributed by atoms with Crippen molar-refractivity contribution in [2.24, 2.45) is 0 Å². The third kappa shape index (κ3) is 2.13.